The van der Waals surface area contributed by atoms with Crippen LogP contribution in [0.25, 0.3) is 10.8 Å². The fraction of sp³-hybridized carbons (Fsp3) is 0.368. The van der Waals surface area contributed by atoms with E-state index in [9.17, 15) is 9.59 Å². The molecular weight excluding hydrogens is 304 g/mol. The van der Waals surface area contributed by atoms with Crippen LogP contribution in [0.3, 0.4) is 0 Å². The molecule has 0 aromatic heterocycles. The lowest BCUT2D eigenvalue weighted by Crippen LogP contribution is -2.45. The molecule has 5 nitrogen and oxygen atoms in total. The maximum absolute atomic E-state index is 12.0. The Labute approximate surface area is 141 Å². The molecule has 1 heterocycles. The van der Waals surface area contributed by atoms with Crippen molar-refractivity contribution in [3.8, 4) is 5.75 Å². The van der Waals surface area contributed by atoms with E-state index in [2.05, 4.69) is 10.6 Å². The van der Waals surface area contributed by atoms with E-state index in [4.69, 9.17) is 4.74 Å². The summed E-state index contributed by atoms with van der Waals surface area (Å²) in [6, 6.07) is 13.5. The van der Waals surface area contributed by atoms with Gasteiger partial charge in [-0.1, -0.05) is 30.3 Å². The minimum Gasteiger partial charge on any atom is -0.493 e. The van der Waals surface area contributed by atoms with Crippen molar-refractivity contribution in [3.05, 3.63) is 42.5 Å². The third-order valence-corrected chi connectivity index (χ3v) is 4.19. The van der Waals surface area contributed by atoms with Crippen LogP contribution in [0, 0.1) is 0 Å². The summed E-state index contributed by atoms with van der Waals surface area (Å²) in [6.07, 6.45) is 2.83. The lowest BCUT2D eigenvalue weighted by atomic mass is 10.1. The van der Waals surface area contributed by atoms with E-state index in [1.165, 1.54) is 0 Å². The van der Waals surface area contributed by atoms with Gasteiger partial charge in [0.25, 0.3) is 0 Å². The number of amides is 2. The molecule has 5 heteroatoms. The van der Waals surface area contributed by atoms with E-state index in [1.807, 2.05) is 42.5 Å². The first kappa shape index (κ1) is 16.3. The number of nitrogens with one attached hydrogen (secondary N) is 2. The smallest absolute Gasteiger partial charge is 0.242 e. The Hall–Kier alpha value is -2.56. The zero-order valence-electron chi connectivity index (χ0n) is 13.6. The van der Waals surface area contributed by atoms with Crippen molar-refractivity contribution in [1.82, 2.24) is 10.6 Å². The van der Waals surface area contributed by atoms with E-state index < -0.39 is 6.04 Å². The maximum atomic E-state index is 12.0. The lowest BCUT2D eigenvalue weighted by Gasteiger charge is -2.15. The van der Waals surface area contributed by atoms with Gasteiger partial charge in [0, 0.05) is 6.54 Å². The number of hydrogen-bond donors (Lipinski definition) is 2. The summed E-state index contributed by atoms with van der Waals surface area (Å²) in [5.74, 6) is 0.503. The molecule has 2 amide bonds. The number of carbonyl (C=O) groups excluding carboxylic acids is 2. The molecule has 0 bridgehead atoms. The average molecular weight is 326 g/mol. The van der Waals surface area contributed by atoms with Crippen molar-refractivity contribution in [2.45, 2.75) is 31.7 Å². The van der Waals surface area contributed by atoms with E-state index in [0.29, 0.717) is 19.6 Å². The Morgan fingerprint density at radius 1 is 1.17 bits per heavy atom. The molecule has 0 aliphatic carbocycles. The number of hydrogen-bond acceptors (Lipinski definition) is 3. The van der Waals surface area contributed by atoms with Gasteiger partial charge in [0.2, 0.25) is 11.8 Å². The third kappa shape index (κ3) is 4.25. The standard InChI is InChI=1S/C19H22N2O3/c22-18(21-17-7-3-4-11-20-19(17)23)10-12-24-16-9-8-14-5-1-2-6-15(14)13-16/h1-2,5-6,8-9,13,17H,3-4,7,10-12H2,(H,20,23)(H,21,22)/t17-/m1/s1. The zero-order valence-corrected chi connectivity index (χ0v) is 13.6. The molecule has 1 atom stereocenters. The third-order valence-electron chi connectivity index (χ3n) is 4.19. The molecule has 3 rings (SSSR count). The van der Waals surface area contributed by atoms with Crippen LogP contribution < -0.4 is 15.4 Å². The van der Waals surface area contributed by atoms with E-state index in [1.54, 1.807) is 0 Å². The van der Waals surface area contributed by atoms with Gasteiger partial charge in [-0.05, 0) is 42.2 Å². The normalized spacial score (nSPS) is 17.8. The Balaban J connectivity index is 1.48. The molecule has 2 aromatic carbocycles. The Bertz CT molecular complexity index is 729. The van der Waals surface area contributed by atoms with Gasteiger partial charge in [-0.25, -0.2) is 0 Å². The maximum Gasteiger partial charge on any atom is 0.242 e. The van der Waals surface area contributed by atoms with Gasteiger partial charge in [-0.2, -0.15) is 0 Å². The summed E-state index contributed by atoms with van der Waals surface area (Å²) in [4.78, 5) is 23.8. The summed E-state index contributed by atoms with van der Waals surface area (Å²) in [7, 11) is 0. The minimum atomic E-state index is -0.416. The summed E-state index contributed by atoms with van der Waals surface area (Å²) < 4.78 is 5.66. The molecule has 126 valence electrons. The molecule has 0 saturated carbocycles. The molecule has 2 N–H and O–H groups in total. The van der Waals surface area contributed by atoms with Gasteiger partial charge >= 0.3 is 0 Å². The molecule has 1 fully saturated rings. The molecule has 1 saturated heterocycles. The predicted molar refractivity (Wildman–Crippen MR) is 92.9 cm³/mol. The molecule has 1 aliphatic rings. The number of rotatable bonds is 5. The quantitative estimate of drug-likeness (QED) is 0.886. The van der Waals surface area contributed by atoms with E-state index in [0.717, 1.165) is 29.4 Å². The van der Waals surface area contributed by atoms with Crippen molar-refractivity contribution in [2.24, 2.45) is 0 Å². The van der Waals surface area contributed by atoms with Gasteiger partial charge in [0.05, 0.1) is 13.0 Å². The SMILES string of the molecule is O=C(CCOc1ccc2ccccc2c1)N[C@@H]1CCCCNC1=O. The second kappa shape index (κ2) is 7.81. The van der Waals surface area contributed by atoms with E-state index in [-0.39, 0.29) is 18.2 Å². The van der Waals surface area contributed by atoms with E-state index >= 15 is 0 Å². The van der Waals surface area contributed by atoms with Crippen LogP contribution in [-0.4, -0.2) is 31.0 Å². The largest absolute Gasteiger partial charge is 0.493 e. The van der Waals surface area contributed by atoms with Crippen molar-refractivity contribution >= 4 is 22.6 Å². The topological polar surface area (TPSA) is 67.4 Å². The summed E-state index contributed by atoms with van der Waals surface area (Å²) in [5.41, 5.74) is 0. The fourth-order valence-corrected chi connectivity index (χ4v) is 2.86. The van der Waals surface area contributed by atoms with Crippen molar-refractivity contribution in [2.75, 3.05) is 13.2 Å². The number of fused-ring (bicyclic) bond motifs is 1. The van der Waals surface area contributed by atoms with Crippen LogP contribution in [0.4, 0.5) is 0 Å². The first-order chi connectivity index (χ1) is 11.7. The highest BCUT2D eigenvalue weighted by molar-refractivity contribution is 5.87. The van der Waals surface area contributed by atoms with Crippen molar-refractivity contribution in [3.63, 3.8) is 0 Å². The average Bonchev–Trinajstić information content (AvgIpc) is 2.79. The zero-order chi connectivity index (χ0) is 16.8. The number of carbonyl (C=O) groups is 2. The molecular formula is C19H22N2O3. The highest BCUT2D eigenvalue weighted by Gasteiger charge is 2.22. The van der Waals surface area contributed by atoms with Crippen LogP contribution >= 0.6 is 0 Å². The lowest BCUT2D eigenvalue weighted by molar-refractivity contribution is -0.129. The number of benzene rings is 2. The van der Waals surface area contributed by atoms with Gasteiger partial charge < -0.3 is 15.4 Å². The van der Waals surface area contributed by atoms with Crippen molar-refractivity contribution in [1.29, 1.82) is 0 Å². The van der Waals surface area contributed by atoms with Crippen LogP contribution in [0.15, 0.2) is 42.5 Å². The summed E-state index contributed by atoms with van der Waals surface area (Å²) in [5, 5.41) is 7.87. The highest BCUT2D eigenvalue weighted by atomic mass is 16.5. The first-order valence-corrected chi connectivity index (χ1v) is 8.41. The summed E-state index contributed by atoms with van der Waals surface area (Å²) in [6.45, 7) is 0.981. The molecule has 0 spiro atoms. The Morgan fingerprint density at radius 2 is 2.00 bits per heavy atom. The molecule has 1 aliphatic heterocycles. The Kier molecular flexibility index (Phi) is 5.31. The van der Waals surface area contributed by atoms with Gasteiger partial charge in [0.15, 0.2) is 0 Å². The van der Waals surface area contributed by atoms with Crippen LogP contribution in [-0.2, 0) is 9.59 Å². The minimum absolute atomic E-state index is 0.0868. The molecule has 0 radical (unpaired) electrons. The second-order valence-corrected chi connectivity index (χ2v) is 6.01. The fourth-order valence-electron chi connectivity index (χ4n) is 2.86. The van der Waals surface area contributed by atoms with Gasteiger partial charge in [-0.15, -0.1) is 0 Å². The van der Waals surface area contributed by atoms with Crippen LogP contribution in [0.5, 0.6) is 5.75 Å². The van der Waals surface area contributed by atoms with Crippen molar-refractivity contribution < 1.29 is 14.3 Å². The molecule has 0 unspecified atom stereocenters. The van der Waals surface area contributed by atoms with Crippen LogP contribution in [0.1, 0.15) is 25.7 Å². The highest BCUT2D eigenvalue weighted by Crippen LogP contribution is 2.20. The first-order valence-electron chi connectivity index (χ1n) is 8.41. The molecule has 24 heavy (non-hydrogen) atoms. The second-order valence-electron chi connectivity index (χ2n) is 6.01. The summed E-state index contributed by atoms with van der Waals surface area (Å²) >= 11 is 0. The number of ether oxygens (including phenoxy) is 1. The Morgan fingerprint density at radius 3 is 2.88 bits per heavy atom. The van der Waals surface area contributed by atoms with Gasteiger partial charge in [-0.3, -0.25) is 9.59 Å². The molecule has 2 aromatic rings. The van der Waals surface area contributed by atoms with Crippen LogP contribution in [0.2, 0.25) is 0 Å². The van der Waals surface area contributed by atoms with Gasteiger partial charge in [0.1, 0.15) is 11.8 Å². The predicted octanol–water partition coefficient (Wildman–Crippen LogP) is 2.39. The monoisotopic (exact) mass is 326 g/mol.